The molecule has 1 fully saturated rings. The maximum Gasteiger partial charge on any atom is 1.00 e. The molecule has 3 N–H and O–H groups in total. The molecule has 0 saturated carbocycles. The minimum absolute atomic E-state index is 0. The van der Waals surface area contributed by atoms with E-state index in [2.05, 4.69) is 5.32 Å². The fraction of sp³-hybridized carbons (Fsp3) is 0.350. The van der Waals surface area contributed by atoms with Crippen molar-refractivity contribution in [3.63, 3.8) is 0 Å². The van der Waals surface area contributed by atoms with Crippen molar-refractivity contribution in [3.05, 3.63) is 46.7 Å². The Hall–Kier alpha value is -1.38. The molecule has 3 atom stereocenters. The second-order valence-electron chi connectivity index (χ2n) is 7.07. The Morgan fingerprint density at radius 3 is 2.41 bits per heavy atom. The van der Waals surface area contributed by atoms with Gasteiger partial charge in [0.1, 0.15) is 17.5 Å². The van der Waals surface area contributed by atoms with E-state index in [0.717, 1.165) is 11.8 Å². The molecule has 14 heteroatoms. The van der Waals surface area contributed by atoms with Gasteiger partial charge in [-0.2, -0.15) is 0 Å². The number of benzene rings is 1. The van der Waals surface area contributed by atoms with Gasteiger partial charge in [0, 0.05) is 30.4 Å². The van der Waals surface area contributed by atoms with Gasteiger partial charge in [-0.15, -0.1) is 11.8 Å². The SMILES string of the molecule is CC(=O)OC(CN)C1=C(C(=O)[O-])N2C(=O)[C@H](NC(=O)Cc3ccccc3C(=O)[O-])[C@H]2SC1.[Na+].[Na+]. The zero-order chi connectivity index (χ0) is 23.6. The summed E-state index contributed by atoms with van der Waals surface area (Å²) in [6, 6.07) is 4.82. The Kier molecular flexibility index (Phi) is 11.8. The van der Waals surface area contributed by atoms with Crippen molar-refractivity contribution in [1.82, 2.24) is 10.2 Å². The summed E-state index contributed by atoms with van der Waals surface area (Å²) in [4.78, 5) is 60.4. The first-order valence-corrected chi connectivity index (χ1v) is 10.6. The molecule has 1 saturated heterocycles. The first kappa shape index (κ1) is 30.7. The fourth-order valence-electron chi connectivity index (χ4n) is 3.61. The van der Waals surface area contributed by atoms with Gasteiger partial charge in [-0.25, -0.2) is 0 Å². The van der Waals surface area contributed by atoms with Crippen molar-refractivity contribution in [1.29, 1.82) is 0 Å². The summed E-state index contributed by atoms with van der Waals surface area (Å²) in [6.07, 6.45) is -1.34. The van der Waals surface area contributed by atoms with Crippen molar-refractivity contribution in [3.8, 4) is 0 Å². The van der Waals surface area contributed by atoms with Crippen LogP contribution in [-0.2, 0) is 30.3 Å². The van der Waals surface area contributed by atoms with Crippen molar-refractivity contribution in [2.45, 2.75) is 30.9 Å². The number of fused-ring (bicyclic) bond motifs is 1. The number of carboxylic acid groups (broad SMARTS) is 2. The van der Waals surface area contributed by atoms with Crippen LogP contribution in [0.5, 0.6) is 0 Å². The van der Waals surface area contributed by atoms with Crippen LogP contribution in [-0.4, -0.2) is 64.4 Å². The van der Waals surface area contributed by atoms with Crippen LogP contribution in [0, 0.1) is 0 Å². The molecule has 3 rings (SSSR count). The maximum absolute atomic E-state index is 12.7. The number of thioether (sulfide) groups is 1. The number of aliphatic carboxylic acids is 1. The number of nitrogens with zero attached hydrogens (tertiary/aromatic N) is 1. The number of rotatable bonds is 8. The molecule has 1 unspecified atom stereocenters. The number of nitrogens with two attached hydrogens (primary N) is 1. The molecule has 1 aromatic carbocycles. The van der Waals surface area contributed by atoms with Gasteiger partial charge in [0.2, 0.25) is 5.91 Å². The molecule has 0 spiro atoms. The number of hydrogen-bond donors (Lipinski definition) is 2. The molecule has 1 aromatic rings. The number of aromatic carboxylic acids is 1. The van der Waals surface area contributed by atoms with E-state index in [4.69, 9.17) is 10.5 Å². The molecule has 170 valence electrons. The van der Waals surface area contributed by atoms with Crippen molar-refractivity contribution < 1.29 is 98.0 Å². The summed E-state index contributed by atoms with van der Waals surface area (Å²) in [5.74, 6) is -4.92. The van der Waals surface area contributed by atoms with Crippen LogP contribution < -0.4 is 80.4 Å². The predicted octanol–water partition coefficient (Wildman–Crippen LogP) is -9.11. The molecule has 0 aliphatic carbocycles. The maximum atomic E-state index is 12.7. The van der Waals surface area contributed by atoms with E-state index < -0.39 is 52.9 Å². The molecule has 0 bridgehead atoms. The van der Waals surface area contributed by atoms with E-state index in [1.54, 1.807) is 6.07 Å². The van der Waals surface area contributed by atoms with Crippen LogP contribution in [0.2, 0.25) is 0 Å². The third-order valence-corrected chi connectivity index (χ3v) is 6.31. The standard InChI is InChI=1S/C20H21N3O8S.2Na/c1-9(24)31-13(7-21)12-8-32-18-15(17(26)23(18)16(12)20(29)30)22-14(25)6-10-4-2-3-5-11(10)19(27)28;;/h2-5,13,15,18H,6-8,21H2,1H3,(H,22,25)(H,27,28)(H,29,30);;/q;2*+1/p-2/t13?,15-,18+;;/m0../s1. The van der Waals surface area contributed by atoms with Gasteiger partial charge in [0.15, 0.2) is 0 Å². The number of β-lactam (4-membered cyclic amide) rings is 1. The van der Waals surface area contributed by atoms with E-state index in [9.17, 15) is 34.2 Å². The molecule has 2 heterocycles. The van der Waals surface area contributed by atoms with Gasteiger partial charge in [0.25, 0.3) is 5.91 Å². The quantitative estimate of drug-likeness (QED) is 0.195. The van der Waals surface area contributed by atoms with Crippen LogP contribution in [0.25, 0.3) is 0 Å². The topological polar surface area (TPSA) is 182 Å². The third-order valence-electron chi connectivity index (χ3n) is 5.01. The smallest absolute Gasteiger partial charge is 0.545 e. The third kappa shape index (κ3) is 6.43. The van der Waals surface area contributed by atoms with E-state index in [0.29, 0.717) is 0 Å². The Morgan fingerprint density at radius 2 is 1.85 bits per heavy atom. The Balaban J connectivity index is 0.00000289. The number of carboxylic acids is 2. The monoisotopic (exact) mass is 507 g/mol. The second kappa shape index (κ2) is 13.1. The van der Waals surface area contributed by atoms with Gasteiger partial charge in [-0.1, -0.05) is 24.3 Å². The number of hydrogen-bond acceptors (Lipinski definition) is 10. The van der Waals surface area contributed by atoms with Gasteiger partial charge >= 0.3 is 65.1 Å². The van der Waals surface area contributed by atoms with E-state index in [1.165, 1.54) is 30.0 Å². The van der Waals surface area contributed by atoms with Gasteiger partial charge in [0.05, 0.1) is 24.1 Å². The molecule has 0 radical (unpaired) electrons. The average Bonchev–Trinajstić information content (AvgIpc) is 2.74. The molecule has 2 aliphatic rings. The van der Waals surface area contributed by atoms with Crippen LogP contribution in [0.4, 0.5) is 0 Å². The average molecular weight is 507 g/mol. The van der Waals surface area contributed by atoms with Gasteiger partial charge in [-0.3, -0.25) is 19.3 Å². The van der Waals surface area contributed by atoms with E-state index in [1.807, 2.05) is 0 Å². The molecule has 34 heavy (non-hydrogen) atoms. The summed E-state index contributed by atoms with van der Waals surface area (Å²) in [7, 11) is 0. The first-order valence-electron chi connectivity index (χ1n) is 9.50. The minimum Gasteiger partial charge on any atom is -0.545 e. The Labute approximate surface area is 243 Å². The summed E-state index contributed by atoms with van der Waals surface area (Å²) in [5, 5.41) is 24.8. The fourth-order valence-corrected chi connectivity index (χ4v) is 5.02. The number of amides is 2. The molecule has 2 amide bonds. The van der Waals surface area contributed by atoms with Crippen molar-refractivity contribution in [2.24, 2.45) is 5.73 Å². The number of carbonyl (C=O) groups is 5. The van der Waals surface area contributed by atoms with Crippen molar-refractivity contribution >= 4 is 41.5 Å². The molecular formula is C20H19N3Na2O8S. The summed E-state index contributed by atoms with van der Waals surface area (Å²) < 4.78 is 5.06. The Morgan fingerprint density at radius 1 is 1.21 bits per heavy atom. The second-order valence-corrected chi connectivity index (χ2v) is 8.18. The van der Waals surface area contributed by atoms with Crippen molar-refractivity contribution in [2.75, 3.05) is 12.3 Å². The van der Waals surface area contributed by atoms with Crippen LogP contribution in [0.1, 0.15) is 22.8 Å². The number of ether oxygens (including phenoxy) is 1. The number of nitrogens with one attached hydrogen (secondary N) is 1. The van der Waals surface area contributed by atoms with Gasteiger partial charge in [-0.05, 0) is 5.56 Å². The first-order chi connectivity index (χ1) is 15.1. The minimum atomic E-state index is -1.63. The molecular weight excluding hydrogens is 488 g/mol. The molecule has 2 aliphatic heterocycles. The molecule has 0 aromatic heterocycles. The number of carbonyl (C=O) groups excluding carboxylic acids is 5. The van der Waals surface area contributed by atoms with Crippen LogP contribution >= 0.6 is 11.8 Å². The summed E-state index contributed by atoms with van der Waals surface area (Å²) >= 11 is 1.17. The summed E-state index contributed by atoms with van der Waals surface area (Å²) in [5.41, 5.74) is 5.40. The Bertz CT molecular complexity index is 1030. The molecule has 11 nitrogen and oxygen atoms in total. The largest absolute Gasteiger partial charge is 1.00 e. The zero-order valence-corrected chi connectivity index (χ0v) is 23.7. The normalized spacial score (nSPS) is 19.5. The summed E-state index contributed by atoms with van der Waals surface area (Å²) in [6.45, 7) is 0.969. The van der Waals surface area contributed by atoms with Crippen LogP contribution in [0.3, 0.4) is 0 Å². The van der Waals surface area contributed by atoms with Crippen LogP contribution in [0.15, 0.2) is 35.5 Å². The number of esters is 1. The zero-order valence-electron chi connectivity index (χ0n) is 18.9. The van der Waals surface area contributed by atoms with E-state index in [-0.39, 0.29) is 94.5 Å². The van der Waals surface area contributed by atoms with Gasteiger partial charge < -0.3 is 35.6 Å². The van der Waals surface area contributed by atoms with E-state index >= 15 is 0 Å². The predicted molar refractivity (Wildman–Crippen MR) is 106 cm³/mol.